The number of ether oxygens (including phenoxy) is 2. The van der Waals surface area contributed by atoms with Crippen LogP contribution in [0.15, 0.2) is 24.3 Å². The lowest BCUT2D eigenvalue weighted by atomic mass is 10.2. The predicted octanol–water partition coefficient (Wildman–Crippen LogP) is 1.67. The number of primary amides is 1. The smallest absolute Gasteiger partial charge is 0.344 e. The molecule has 1 heterocycles. The van der Waals surface area contributed by atoms with Crippen molar-refractivity contribution >= 4 is 41.4 Å². The van der Waals surface area contributed by atoms with Crippen molar-refractivity contribution in [2.45, 2.75) is 17.6 Å². The summed E-state index contributed by atoms with van der Waals surface area (Å²) in [6, 6.07) is 6.53. The maximum Gasteiger partial charge on any atom is 0.344 e. The van der Waals surface area contributed by atoms with E-state index in [0.717, 1.165) is 17.1 Å². The van der Waals surface area contributed by atoms with Gasteiger partial charge in [0.2, 0.25) is 0 Å². The van der Waals surface area contributed by atoms with Crippen molar-refractivity contribution < 1.29 is 23.9 Å². The predicted molar refractivity (Wildman–Crippen MR) is 92.9 cm³/mol. The van der Waals surface area contributed by atoms with Gasteiger partial charge in [-0.3, -0.25) is 10.1 Å². The number of thioether (sulfide) groups is 2. The molecule has 1 saturated heterocycles. The minimum atomic E-state index is -1.13. The maximum absolute atomic E-state index is 11.8. The van der Waals surface area contributed by atoms with Crippen LogP contribution in [-0.4, -0.2) is 42.1 Å². The molecular weight excluding hydrogens is 352 g/mol. The number of esters is 1. The summed E-state index contributed by atoms with van der Waals surface area (Å²) < 4.78 is 10.7. The number of imide groups is 1. The number of amides is 3. The SMILES string of the molecule is C[C@H](OC(=O)COc1ccccc1C1SCCS1)C(=O)NC(N)=O. The number of nitrogens with two attached hydrogens (primary N) is 1. The van der Waals surface area contributed by atoms with Gasteiger partial charge in [0, 0.05) is 17.1 Å². The van der Waals surface area contributed by atoms with Gasteiger partial charge in [-0.1, -0.05) is 18.2 Å². The zero-order chi connectivity index (χ0) is 17.5. The quantitative estimate of drug-likeness (QED) is 0.733. The highest BCUT2D eigenvalue weighted by atomic mass is 32.2. The first-order valence-electron chi connectivity index (χ1n) is 7.22. The summed E-state index contributed by atoms with van der Waals surface area (Å²) in [6.07, 6.45) is -1.13. The lowest BCUT2D eigenvalue weighted by Crippen LogP contribution is -2.42. The molecule has 1 aromatic carbocycles. The minimum Gasteiger partial charge on any atom is -0.482 e. The van der Waals surface area contributed by atoms with Gasteiger partial charge >= 0.3 is 12.0 Å². The number of hydrogen-bond acceptors (Lipinski definition) is 7. The van der Waals surface area contributed by atoms with Gasteiger partial charge in [-0.2, -0.15) is 0 Å². The number of urea groups is 1. The molecule has 0 bridgehead atoms. The Labute approximate surface area is 148 Å². The molecule has 1 fully saturated rings. The van der Waals surface area contributed by atoms with E-state index in [-0.39, 0.29) is 11.2 Å². The van der Waals surface area contributed by atoms with E-state index in [1.165, 1.54) is 6.92 Å². The molecule has 0 saturated carbocycles. The Balaban J connectivity index is 1.88. The molecular formula is C15H18N2O5S2. The second kappa shape index (κ2) is 8.84. The maximum atomic E-state index is 11.8. The van der Waals surface area contributed by atoms with Crippen LogP contribution in [0.2, 0.25) is 0 Å². The molecule has 0 spiro atoms. The van der Waals surface area contributed by atoms with Crippen LogP contribution >= 0.6 is 23.5 Å². The molecule has 7 nitrogen and oxygen atoms in total. The summed E-state index contributed by atoms with van der Waals surface area (Å²) in [4.78, 5) is 33.8. The first-order chi connectivity index (χ1) is 11.5. The van der Waals surface area contributed by atoms with Crippen molar-refractivity contribution in [2.24, 2.45) is 5.73 Å². The van der Waals surface area contributed by atoms with Crippen LogP contribution in [0.4, 0.5) is 4.79 Å². The van der Waals surface area contributed by atoms with Crippen LogP contribution in [0.25, 0.3) is 0 Å². The highest BCUT2D eigenvalue weighted by Gasteiger charge is 2.23. The first-order valence-corrected chi connectivity index (χ1v) is 9.32. The largest absolute Gasteiger partial charge is 0.482 e. The van der Waals surface area contributed by atoms with Crippen molar-refractivity contribution in [1.29, 1.82) is 0 Å². The number of benzene rings is 1. The zero-order valence-electron chi connectivity index (χ0n) is 13.0. The van der Waals surface area contributed by atoms with E-state index in [2.05, 4.69) is 0 Å². The van der Waals surface area contributed by atoms with Gasteiger partial charge in [0.05, 0.1) is 4.58 Å². The molecule has 0 aliphatic carbocycles. The summed E-state index contributed by atoms with van der Waals surface area (Å²) in [7, 11) is 0. The molecule has 0 radical (unpaired) electrons. The Kier molecular flexibility index (Phi) is 6.80. The Hall–Kier alpha value is -1.87. The van der Waals surface area contributed by atoms with E-state index in [1.54, 1.807) is 6.07 Å². The van der Waals surface area contributed by atoms with E-state index >= 15 is 0 Å². The van der Waals surface area contributed by atoms with Crippen LogP contribution in [0.1, 0.15) is 17.1 Å². The Morgan fingerprint density at radius 1 is 1.29 bits per heavy atom. The Bertz CT molecular complexity index is 620. The monoisotopic (exact) mass is 370 g/mol. The third-order valence-corrected chi connectivity index (χ3v) is 6.13. The summed E-state index contributed by atoms with van der Waals surface area (Å²) >= 11 is 3.67. The molecule has 130 valence electrons. The topological polar surface area (TPSA) is 108 Å². The fourth-order valence-electron chi connectivity index (χ4n) is 1.99. The van der Waals surface area contributed by atoms with Crippen LogP contribution in [0.3, 0.4) is 0 Å². The van der Waals surface area contributed by atoms with Crippen molar-refractivity contribution in [1.82, 2.24) is 5.32 Å². The summed E-state index contributed by atoms with van der Waals surface area (Å²) in [6.45, 7) is 1.02. The number of rotatable bonds is 6. The zero-order valence-corrected chi connectivity index (χ0v) is 14.7. The second-order valence-electron chi connectivity index (χ2n) is 4.89. The average molecular weight is 370 g/mol. The Morgan fingerprint density at radius 3 is 2.62 bits per heavy atom. The molecule has 0 unspecified atom stereocenters. The average Bonchev–Trinajstić information content (AvgIpc) is 3.06. The van der Waals surface area contributed by atoms with Crippen molar-refractivity contribution in [3.05, 3.63) is 29.8 Å². The summed E-state index contributed by atoms with van der Waals surface area (Å²) in [5, 5.41) is 1.84. The number of carbonyl (C=O) groups is 3. The number of para-hydroxylation sites is 1. The van der Waals surface area contributed by atoms with Crippen molar-refractivity contribution in [2.75, 3.05) is 18.1 Å². The molecule has 1 atom stereocenters. The third kappa shape index (κ3) is 5.34. The summed E-state index contributed by atoms with van der Waals surface area (Å²) in [5.74, 6) is 1.30. The normalized spacial score (nSPS) is 15.5. The molecule has 3 amide bonds. The lowest BCUT2D eigenvalue weighted by Gasteiger charge is -2.16. The van der Waals surface area contributed by atoms with E-state index in [9.17, 15) is 14.4 Å². The van der Waals surface area contributed by atoms with Crippen molar-refractivity contribution in [3.63, 3.8) is 0 Å². The molecule has 1 aliphatic rings. The van der Waals surface area contributed by atoms with E-state index in [4.69, 9.17) is 15.2 Å². The number of hydrogen-bond donors (Lipinski definition) is 2. The van der Waals surface area contributed by atoms with Gasteiger partial charge in [-0.05, 0) is 13.0 Å². The molecule has 1 aromatic rings. The van der Waals surface area contributed by atoms with Gasteiger partial charge in [-0.25, -0.2) is 9.59 Å². The highest BCUT2D eigenvalue weighted by Crippen LogP contribution is 2.48. The number of nitrogens with one attached hydrogen (secondary N) is 1. The van der Waals surface area contributed by atoms with Gasteiger partial charge < -0.3 is 15.2 Å². The fraction of sp³-hybridized carbons (Fsp3) is 0.400. The summed E-state index contributed by atoms with van der Waals surface area (Å²) in [5.41, 5.74) is 5.86. The molecule has 0 aromatic heterocycles. The van der Waals surface area contributed by atoms with Crippen molar-refractivity contribution in [3.8, 4) is 5.75 Å². The van der Waals surface area contributed by atoms with Gasteiger partial charge in [-0.15, -0.1) is 23.5 Å². The van der Waals surface area contributed by atoms with Crippen LogP contribution in [-0.2, 0) is 14.3 Å². The standard InChI is InChI=1S/C15H18N2O5S2/c1-9(13(19)17-15(16)20)22-12(18)8-21-11-5-3-2-4-10(11)14-23-6-7-24-14/h2-5,9,14H,6-8H2,1H3,(H3,16,17,19,20)/t9-/m0/s1. The Morgan fingerprint density at radius 2 is 1.96 bits per heavy atom. The fourth-order valence-corrected chi connectivity index (χ4v) is 4.90. The van der Waals surface area contributed by atoms with E-state index in [0.29, 0.717) is 5.75 Å². The van der Waals surface area contributed by atoms with E-state index in [1.807, 2.05) is 47.0 Å². The highest BCUT2D eigenvalue weighted by molar-refractivity contribution is 8.19. The third-order valence-electron chi connectivity index (χ3n) is 3.06. The first kappa shape index (κ1) is 18.5. The molecule has 9 heteroatoms. The van der Waals surface area contributed by atoms with Gasteiger partial charge in [0.15, 0.2) is 12.7 Å². The van der Waals surface area contributed by atoms with Crippen LogP contribution in [0, 0.1) is 0 Å². The van der Waals surface area contributed by atoms with Crippen LogP contribution < -0.4 is 15.8 Å². The van der Waals surface area contributed by atoms with E-state index < -0.39 is 24.0 Å². The van der Waals surface area contributed by atoms with Gasteiger partial charge in [0.25, 0.3) is 5.91 Å². The lowest BCUT2D eigenvalue weighted by molar-refractivity contribution is -0.156. The molecule has 1 aliphatic heterocycles. The molecule has 2 rings (SSSR count). The van der Waals surface area contributed by atoms with Gasteiger partial charge in [0.1, 0.15) is 5.75 Å². The second-order valence-corrected chi connectivity index (χ2v) is 7.61. The molecule has 3 N–H and O–H groups in total. The molecule has 24 heavy (non-hydrogen) atoms. The number of carbonyl (C=O) groups excluding carboxylic acids is 3. The van der Waals surface area contributed by atoms with Crippen LogP contribution in [0.5, 0.6) is 5.75 Å². The minimum absolute atomic E-state index is 0.289.